The second kappa shape index (κ2) is 9.18. The Morgan fingerprint density at radius 2 is 1.80 bits per heavy atom. The number of nitrogens with zero attached hydrogens (tertiary/aromatic N) is 2. The molecule has 1 amide bonds. The van der Waals surface area contributed by atoms with Crippen molar-refractivity contribution in [1.82, 2.24) is 15.1 Å². The SMILES string of the molecule is CCCN1CCN(CCCNC(=O)c2cc3c(s2)-c2ccccc2S(=O)(=O)C3)CC1. The van der Waals surface area contributed by atoms with Gasteiger partial charge in [-0.2, -0.15) is 0 Å². The van der Waals surface area contributed by atoms with Gasteiger partial charge in [0.05, 0.1) is 15.5 Å². The highest BCUT2D eigenvalue weighted by molar-refractivity contribution is 7.91. The molecule has 1 saturated heterocycles. The van der Waals surface area contributed by atoms with E-state index in [2.05, 4.69) is 22.0 Å². The second-order valence-electron chi connectivity index (χ2n) is 8.01. The molecule has 3 heterocycles. The Bertz CT molecular complexity index is 1010. The summed E-state index contributed by atoms with van der Waals surface area (Å²) in [6, 6.07) is 8.80. The molecular weight excluding hydrogens is 418 g/mol. The molecule has 0 unspecified atom stereocenters. The standard InChI is InChI=1S/C22H29N3O3S2/c1-2-9-24-11-13-25(14-12-24)10-5-8-23-22(26)19-15-17-16-30(27,28)20-7-4-3-6-18(20)21(17)29-19/h3-4,6-7,15H,2,5,8-14,16H2,1H3,(H,23,26). The Labute approximate surface area is 182 Å². The first-order chi connectivity index (χ1) is 14.5. The highest BCUT2D eigenvalue weighted by Crippen LogP contribution is 2.42. The van der Waals surface area contributed by atoms with Crippen molar-refractivity contribution < 1.29 is 13.2 Å². The Hall–Kier alpha value is -1.74. The molecule has 0 bridgehead atoms. The zero-order valence-corrected chi connectivity index (χ0v) is 19.0. The molecule has 1 N–H and O–H groups in total. The van der Waals surface area contributed by atoms with Gasteiger partial charge in [-0.25, -0.2) is 8.42 Å². The van der Waals surface area contributed by atoms with Gasteiger partial charge < -0.3 is 15.1 Å². The summed E-state index contributed by atoms with van der Waals surface area (Å²) in [4.78, 5) is 19.5. The molecule has 2 aliphatic heterocycles. The van der Waals surface area contributed by atoms with Gasteiger partial charge in [-0.1, -0.05) is 25.1 Å². The summed E-state index contributed by atoms with van der Waals surface area (Å²) in [5.41, 5.74) is 1.44. The van der Waals surface area contributed by atoms with Crippen molar-refractivity contribution in [2.24, 2.45) is 0 Å². The molecular formula is C22H29N3O3S2. The fraction of sp³-hybridized carbons (Fsp3) is 0.500. The minimum Gasteiger partial charge on any atom is -0.351 e. The van der Waals surface area contributed by atoms with Crippen LogP contribution in [-0.2, 0) is 15.6 Å². The van der Waals surface area contributed by atoms with Crippen molar-refractivity contribution in [1.29, 1.82) is 0 Å². The van der Waals surface area contributed by atoms with Crippen molar-refractivity contribution in [3.05, 3.63) is 40.8 Å². The number of sulfone groups is 1. The minimum absolute atomic E-state index is 0.0346. The first kappa shape index (κ1) is 21.5. The lowest BCUT2D eigenvalue weighted by Crippen LogP contribution is -2.47. The number of amides is 1. The fourth-order valence-corrected chi connectivity index (χ4v) is 7.10. The number of carbonyl (C=O) groups is 1. The molecule has 0 atom stereocenters. The lowest BCUT2D eigenvalue weighted by molar-refractivity contribution is 0.0951. The van der Waals surface area contributed by atoms with Gasteiger partial charge in [0.15, 0.2) is 9.84 Å². The first-order valence-corrected chi connectivity index (χ1v) is 13.1. The summed E-state index contributed by atoms with van der Waals surface area (Å²) in [5, 5.41) is 3.01. The summed E-state index contributed by atoms with van der Waals surface area (Å²) in [6.45, 7) is 9.48. The van der Waals surface area contributed by atoms with E-state index in [9.17, 15) is 13.2 Å². The number of carbonyl (C=O) groups excluding carboxylic acids is 1. The van der Waals surface area contributed by atoms with Crippen LogP contribution in [0.3, 0.4) is 0 Å². The van der Waals surface area contributed by atoms with Gasteiger partial charge >= 0.3 is 0 Å². The molecule has 1 aromatic heterocycles. The zero-order valence-electron chi connectivity index (χ0n) is 17.4. The maximum atomic E-state index is 12.6. The molecule has 2 aliphatic rings. The van der Waals surface area contributed by atoms with Gasteiger partial charge in [-0.3, -0.25) is 4.79 Å². The van der Waals surface area contributed by atoms with Crippen LogP contribution in [0.1, 0.15) is 35.0 Å². The highest BCUT2D eigenvalue weighted by Gasteiger charge is 2.30. The number of hydrogen-bond donors (Lipinski definition) is 1. The van der Waals surface area contributed by atoms with Crippen molar-refractivity contribution >= 4 is 27.1 Å². The van der Waals surface area contributed by atoms with Crippen LogP contribution in [0.25, 0.3) is 10.4 Å². The Morgan fingerprint density at radius 1 is 1.10 bits per heavy atom. The number of hydrogen-bond acceptors (Lipinski definition) is 6. The summed E-state index contributed by atoms with van der Waals surface area (Å²) in [7, 11) is -3.34. The van der Waals surface area contributed by atoms with Crippen molar-refractivity contribution in [3.63, 3.8) is 0 Å². The predicted octanol–water partition coefficient (Wildman–Crippen LogP) is 2.85. The molecule has 1 aromatic carbocycles. The minimum atomic E-state index is -3.34. The van der Waals surface area contributed by atoms with E-state index in [4.69, 9.17) is 0 Å². The van der Waals surface area contributed by atoms with E-state index in [1.807, 2.05) is 12.1 Å². The van der Waals surface area contributed by atoms with Gasteiger partial charge in [0.25, 0.3) is 5.91 Å². The number of rotatable bonds is 7. The van der Waals surface area contributed by atoms with Crippen LogP contribution in [0.2, 0.25) is 0 Å². The molecule has 162 valence electrons. The summed E-state index contributed by atoms with van der Waals surface area (Å²) < 4.78 is 25.1. The van der Waals surface area contributed by atoms with E-state index in [0.717, 1.165) is 49.6 Å². The summed E-state index contributed by atoms with van der Waals surface area (Å²) >= 11 is 1.39. The third-order valence-electron chi connectivity index (χ3n) is 5.79. The van der Waals surface area contributed by atoms with Crippen LogP contribution in [0, 0.1) is 0 Å². The van der Waals surface area contributed by atoms with Crippen LogP contribution >= 0.6 is 11.3 Å². The topological polar surface area (TPSA) is 69.7 Å². The monoisotopic (exact) mass is 447 g/mol. The molecule has 8 heteroatoms. The lowest BCUT2D eigenvalue weighted by atomic mass is 10.1. The van der Waals surface area contributed by atoms with Gasteiger partial charge in [0.2, 0.25) is 0 Å². The quantitative estimate of drug-likeness (QED) is 0.661. The van der Waals surface area contributed by atoms with E-state index in [-0.39, 0.29) is 11.7 Å². The van der Waals surface area contributed by atoms with Crippen molar-refractivity contribution in [3.8, 4) is 10.4 Å². The Morgan fingerprint density at radius 3 is 2.53 bits per heavy atom. The van der Waals surface area contributed by atoms with Gasteiger partial charge in [-0.15, -0.1) is 11.3 Å². The molecule has 0 saturated carbocycles. The van der Waals surface area contributed by atoms with Gasteiger partial charge in [0.1, 0.15) is 0 Å². The zero-order chi connectivity index (χ0) is 21.1. The van der Waals surface area contributed by atoms with Gasteiger partial charge in [0, 0.05) is 43.2 Å². The number of thiophene rings is 1. The van der Waals surface area contributed by atoms with Crippen LogP contribution in [-0.4, -0.2) is 69.9 Å². The third kappa shape index (κ3) is 4.61. The maximum Gasteiger partial charge on any atom is 0.261 e. The van der Waals surface area contributed by atoms with Crippen LogP contribution in [0.15, 0.2) is 35.2 Å². The predicted molar refractivity (Wildman–Crippen MR) is 121 cm³/mol. The molecule has 4 rings (SSSR count). The molecule has 2 aromatic rings. The van der Waals surface area contributed by atoms with Crippen LogP contribution in [0.5, 0.6) is 0 Å². The normalized spacial score (nSPS) is 18.6. The molecule has 0 radical (unpaired) electrons. The molecule has 6 nitrogen and oxygen atoms in total. The van der Waals surface area contributed by atoms with Crippen LogP contribution < -0.4 is 5.32 Å². The van der Waals surface area contributed by atoms with Crippen molar-refractivity contribution in [2.75, 3.05) is 45.8 Å². The van der Waals surface area contributed by atoms with Gasteiger partial charge in [-0.05, 0) is 43.6 Å². The average Bonchev–Trinajstić information content (AvgIpc) is 3.16. The molecule has 1 fully saturated rings. The highest BCUT2D eigenvalue weighted by atomic mass is 32.2. The van der Waals surface area contributed by atoms with E-state index in [1.54, 1.807) is 18.2 Å². The van der Waals surface area contributed by atoms with E-state index < -0.39 is 9.84 Å². The number of nitrogens with one attached hydrogen (secondary N) is 1. The Balaban J connectivity index is 1.31. The van der Waals surface area contributed by atoms with E-state index >= 15 is 0 Å². The molecule has 0 aliphatic carbocycles. The maximum absolute atomic E-state index is 12.6. The Kier molecular flexibility index (Phi) is 6.57. The largest absolute Gasteiger partial charge is 0.351 e. The smallest absolute Gasteiger partial charge is 0.261 e. The summed E-state index contributed by atoms with van der Waals surface area (Å²) in [6.07, 6.45) is 2.12. The number of fused-ring (bicyclic) bond motifs is 3. The van der Waals surface area contributed by atoms with E-state index in [0.29, 0.717) is 21.9 Å². The second-order valence-corrected chi connectivity index (χ2v) is 11.0. The van der Waals surface area contributed by atoms with Crippen molar-refractivity contribution in [2.45, 2.75) is 30.4 Å². The fourth-order valence-electron chi connectivity index (χ4n) is 4.23. The first-order valence-electron chi connectivity index (χ1n) is 10.7. The lowest BCUT2D eigenvalue weighted by Gasteiger charge is -2.34. The average molecular weight is 448 g/mol. The number of piperazine rings is 1. The summed E-state index contributed by atoms with van der Waals surface area (Å²) in [5.74, 6) is -0.148. The number of benzene rings is 1. The molecule has 30 heavy (non-hydrogen) atoms. The molecule has 0 spiro atoms. The third-order valence-corrected chi connectivity index (χ3v) is 8.71. The van der Waals surface area contributed by atoms with Crippen LogP contribution in [0.4, 0.5) is 0 Å². The van der Waals surface area contributed by atoms with E-state index in [1.165, 1.54) is 24.3 Å².